The van der Waals surface area contributed by atoms with Gasteiger partial charge in [0.1, 0.15) is 23.1 Å². The highest BCUT2D eigenvalue weighted by Crippen LogP contribution is 2.25. The molecule has 0 unspecified atom stereocenters. The molecule has 0 fully saturated rings. The molecule has 2 heterocycles. The van der Waals surface area contributed by atoms with Gasteiger partial charge in [0.25, 0.3) is 5.56 Å². The number of methoxy groups -OCH3 is 1. The maximum absolute atomic E-state index is 12.7. The quantitative estimate of drug-likeness (QED) is 0.389. The lowest BCUT2D eigenvalue weighted by atomic mass is 10.2. The molecule has 4 rings (SSSR count). The van der Waals surface area contributed by atoms with Crippen molar-refractivity contribution in [2.75, 3.05) is 7.11 Å². The lowest BCUT2D eigenvalue weighted by molar-refractivity contribution is 0.415. The SMILES string of the molecule is COc1ccc2[nH]c3c(=O)n(/N=C/c4cccc(I)c4)cnc3c2c1. The lowest BCUT2D eigenvalue weighted by Gasteiger charge is -1.99. The Balaban J connectivity index is 1.82. The summed E-state index contributed by atoms with van der Waals surface area (Å²) in [6, 6.07) is 13.4. The Bertz CT molecular complexity index is 1180. The van der Waals surface area contributed by atoms with Crippen molar-refractivity contribution in [3.8, 4) is 5.75 Å². The van der Waals surface area contributed by atoms with Crippen molar-refractivity contribution >= 4 is 50.7 Å². The van der Waals surface area contributed by atoms with Crippen LogP contribution in [0.4, 0.5) is 0 Å². The van der Waals surface area contributed by atoms with E-state index in [1.807, 2.05) is 42.5 Å². The monoisotopic (exact) mass is 444 g/mol. The van der Waals surface area contributed by atoms with Crippen molar-refractivity contribution in [3.63, 3.8) is 0 Å². The summed E-state index contributed by atoms with van der Waals surface area (Å²) in [5, 5.41) is 5.09. The molecule has 0 aliphatic carbocycles. The second-order valence-corrected chi connectivity index (χ2v) is 6.70. The molecule has 2 aromatic carbocycles. The maximum Gasteiger partial charge on any atom is 0.298 e. The first-order valence-corrected chi connectivity index (χ1v) is 8.60. The van der Waals surface area contributed by atoms with E-state index in [4.69, 9.17) is 4.74 Å². The van der Waals surface area contributed by atoms with Crippen molar-refractivity contribution < 1.29 is 4.74 Å². The van der Waals surface area contributed by atoms with Gasteiger partial charge in [-0.05, 0) is 58.5 Å². The molecular formula is C18H13IN4O2. The van der Waals surface area contributed by atoms with Crippen molar-refractivity contribution in [1.29, 1.82) is 0 Å². The molecule has 6 nitrogen and oxygen atoms in total. The topological polar surface area (TPSA) is 72.3 Å². The van der Waals surface area contributed by atoms with Crippen LogP contribution < -0.4 is 10.3 Å². The second-order valence-electron chi connectivity index (χ2n) is 5.45. The number of ether oxygens (including phenoxy) is 1. The first-order chi connectivity index (χ1) is 12.2. The van der Waals surface area contributed by atoms with Crippen LogP contribution in [-0.4, -0.2) is 28.0 Å². The Hall–Kier alpha value is -2.68. The van der Waals surface area contributed by atoms with E-state index >= 15 is 0 Å². The summed E-state index contributed by atoms with van der Waals surface area (Å²) in [5.41, 5.74) is 2.53. The standard InChI is InChI=1S/C18H13IN4O2/c1-25-13-5-6-15-14(8-13)16-17(22-15)18(24)23(10-20-16)21-9-11-3-2-4-12(19)7-11/h2-10,22H,1H3/b21-9+. The predicted octanol–water partition coefficient (Wildman–Crippen LogP) is 3.37. The number of hydrogen-bond donors (Lipinski definition) is 1. The fraction of sp³-hybridized carbons (Fsp3) is 0.0556. The van der Waals surface area contributed by atoms with Gasteiger partial charge in [-0.25, -0.2) is 4.98 Å². The molecule has 25 heavy (non-hydrogen) atoms. The Labute approximate surface area is 156 Å². The van der Waals surface area contributed by atoms with Gasteiger partial charge in [-0.2, -0.15) is 9.78 Å². The van der Waals surface area contributed by atoms with Gasteiger partial charge < -0.3 is 9.72 Å². The van der Waals surface area contributed by atoms with Crippen LogP contribution in [0.15, 0.2) is 58.7 Å². The zero-order chi connectivity index (χ0) is 17.4. The number of H-pyrrole nitrogens is 1. The minimum atomic E-state index is -0.248. The summed E-state index contributed by atoms with van der Waals surface area (Å²) in [6.45, 7) is 0. The molecule has 0 saturated heterocycles. The van der Waals surface area contributed by atoms with E-state index in [0.717, 1.165) is 25.8 Å². The highest BCUT2D eigenvalue weighted by Gasteiger charge is 2.11. The lowest BCUT2D eigenvalue weighted by Crippen LogP contribution is -2.17. The average molecular weight is 444 g/mol. The van der Waals surface area contributed by atoms with Crippen molar-refractivity contribution in [2.45, 2.75) is 0 Å². The van der Waals surface area contributed by atoms with Gasteiger partial charge in [0.15, 0.2) is 0 Å². The summed E-state index contributed by atoms with van der Waals surface area (Å²) in [5.74, 6) is 0.719. The highest BCUT2D eigenvalue weighted by atomic mass is 127. The Morgan fingerprint density at radius 1 is 1.28 bits per heavy atom. The van der Waals surface area contributed by atoms with Crippen LogP contribution in [-0.2, 0) is 0 Å². The third kappa shape index (κ3) is 2.91. The molecule has 4 aromatic rings. The third-order valence-electron chi connectivity index (χ3n) is 3.88. The minimum Gasteiger partial charge on any atom is -0.497 e. The summed E-state index contributed by atoms with van der Waals surface area (Å²) < 4.78 is 7.58. The molecule has 0 saturated carbocycles. The highest BCUT2D eigenvalue weighted by molar-refractivity contribution is 14.1. The number of rotatable bonds is 3. The number of fused-ring (bicyclic) bond motifs is 3. The molecule has 0 aliphatic rings. The van der Waals surface area contributed by atoms with Crippen LogP contribution in [0.2, 0.25) is 0 Å². The van der Waals surface area contributed by atoms with Crippen molar-refractivity contribution in [2.24, 2.45) is 5.10 Å². The van der Waals surface area contributed by atoms with E-state index in [0.29, 0.717) is 11.0 Å². The molecule has 0 amide bonds. The van der Waals surface area contributed by atoms with Gasteiger partial charge in [-0.3, -0.25) is 4.79 Å². The summed E-state index contributed by atoms with van der Waals surface area (Å²) in [4.78, 5) is 20.2. The zero-order valence-electron chi connectivity index (χ0n) is 13.2. The fourth-order valence-corrected chi connectivity index (χ4v) is 3.22. The van der Waals surface area contributed by atoms with E-state index in [-0.39, 0.29) is 5.56 Å². The Kier molecular flexibility index (Phi) is 4.00. The molecule has 7 heteroatoms. The van der Waals surface area contributed by atoms with Gasteiger partial charge in [-0.1, -0.05) is 12.1 Å². The van der Waals surface area contributed by atoms with Crippen LogP contribution in [0.5, 0.6) is 5.75 Å². The Morgan fingerprint density at radius 2 is 2.16 bits per heavy atom. The van der Waals surface area contributed by atoms with Crippen LogP contribution in [0, 0.1) is 3.57 Å². The number of hydrogen-bond acceptors (Lipinski definition) is 4. The van der Waals surface area contributed by atoms with Gasteiger partial charge in [0, 0.05) is 14.5 Å². The van der Waals surface area contributed by atoms with Crippen molar-refractivity contribution in [1.82, 2.24) is 14.6 Å². The van der Waals surface area contributed by atoms with Gasteiger partial charge in [0.05, 0.1) is 13.3 Å². The van der Waals surface area contributed by atoms with Gasteiger partial charge in [0.2, 0.25) is 0 Å². The molecule has 2 aromatic heterocycles. The summed E-state index contributed by atoms with van der Waals surface area (Å²) in [7, 11) is 1.61. The first kappa shape index (κ1) is 15.8. The van der Waals surface area contributed by atoms with E-state index in [9.17, 15) is 4.79 Å². The summed E-state index contributed by atoms with van der Waals surface area (Å²) >= 11 is 2.23. The molecule has 0 bridgehead atoms. The van der Waals surface area contributed by atoms with Crippen LogP contribution >= 0.6 is 22.6 Å². The van der Waals surface area contributed by atoms with Crippen LogP contribution in [0.1, 0.15) is 5.56 Å². The number of aromatic nitrogens is 3. The van der Waals surface area contributed by atoms with Crippen LogP contribution in [0.3, 0.4) is 0 Å². The van der Waals surface area contributed by atoms with E-state index in [1.54, 1.807) is 13.3 Å². The zero-order valence-corrected chi connectivity index (χ0v) is 15.4. The molecule has 0 radical (unpaired) electrons. The minimum absolute atomic E-state index is 0.248. The van der Waals surface area contributed by atoms with E-state index in [1.165, 1.54) is 11.0 Å². The molecule has 0 atom stereocenters. The number of nitrogens with zero attached hydrogens (tertiary/aromatic N) is 3. The molecule has 124 valence electrons. The largest absolute Gasteiger partial charge is 0.497 e. The number of halogens is 1. The first-order valence-electron chi connectivity index (χ1n) is 7.53. The fourth-order valence-electron chi connectivity index (χ4n) is 2.65. The number of nitrogens with one attached hydrogen (secondary N) is 1. The van der Waals surface area contributed by atoms with E-state index in [2.05, 4.69) is 37.7 Å². The normalized spacial score (nSPS) is 11.6. The molecule has 0 aliphatic heterocycles. The molecular weight excluding hydrogens is 431 g/mol. The van der Waals surface area contributed by atoms with Gasteiger partial charge in [-0.15, -0.1) is 0 Å². The maximum atomic E-state index is 12.7. The number of benzene rings is 2. The number of aromatic amines is 1. The molecule has 0 spiro atoms. The summed E-state index contributed by atoms with van der Waals surface area (Å²) in [6.07, 6.45) is 3.07. The van der Waals surface area contributed by atoms with Crippen LogP contribution in [0.25, 0.3) is 21.9 Å². The Morgan fingerprint density at radius 3 is 2.96 bits per heavy atom. The predicted molar refractivity (Wildman–Crippen MR) is 107 cm³/mol. The molecule has 1 N–H and O–H groups in total. The average Bonchev–Trinajstić information content (AvgIpc) is 3.00. The van der Waals surface area contributed by atoms with E-state index < -0.39 is 0 Å². The third-order valence-corrected chi connectivity index (χ3v) is 4.55. The second kappa shape index (κ2) is 6.32. The van der Waals surface area contributed by atoms with Gasteiger partial charge >= 0.3 is 0 Å². The smallest absolute Gasteiger partial charge is 0.298 e. The van der Waals surface area contributed by atoms with Crippen molar-refractivity contribution in [3.05, 3.63) is 68.3 Å².